The highest BCUT2D eigenvalue weighted by atomic mass is 35.5. The van der Waals surface area contributed by atoms with Crippen molar-refractivity contribution >= 4 is 48.4 Å². The number of aromatic nitrogens is 1. The summed E-state index contributed by atoms with van der Waals surface area (Å²) >= 11 is 0. The zero-order valence-electron chi connectivity index (χ0n) is 20.3. The molecular formula is C27H40Cl3N3. The maximum atomic E-state index is 3.71. The van der Waals surface area contributed by atoms with E-state index in [1.807, 2.05) is 0 Å². The Bertz CT molecular complexity index is 989. The molecule has 0 fully saturated rings. The van der Waals surface area contributed by atoms with Gasteiger partial charge in [0, 0.05) is 41.7 Å². The van der Waals surface area contributed by atoms with Crippen LogP contribution in [-0.4, -0.2) is 23.0 Å². The van der Waals surface area contributed by atoms with Gasteiger partial charge in [0.25, 0.3) is 0 Å². The van der Waals surface area contributed by atoms with Gasteiger partial charge in [0.2, 0.25) is 0 Å². The first-order chi connectivity index (χ1) is 14.6. The molecule has 6 heteroatoms. The molecule has 2 heterocycles. The van der Waals surface area contributed by atoms with Crippen LogP contribution >= 0.6 is 37.2 Å². The standard InChI is InChI=1S/C27H37N3.3ClH/c1-20(2)30(21(3)4)23-11-9-10-22(18-23)19-28-16-15-25-24-12-5-6-13-26(24)29-17-8-7-14-27(25)29;;;/h7-11,14,17-18,20-21,28H,5-6,12-13,15-16,19H2,1-4H3;3*1H. The molecule has 4 rings (SSSR count). The number of benzene rings is 1. The van der Waals surface area contributed by atoms with Gasteiger partial charge in [-0.1, -0.05) is 18.2 Å². The largest absolute Gasteiger partial charge is 0.367 e. The monoisotopic (exact) mass is 511 g/mol. The lowest BCUT2D eigenvalue weighted by atomic mass is 9.93. The minimum atomic E-state index is 0. The lowest BCUT2D eigenvalue weighted by Gasteiger charge is -2.33. The number of nitrogens with one attached hydrogen (secondary N) is 1. The first kappa shape index (κ1) is 29.6. The molecule has 1 aliphatic rings. The smallest absolute Gasteiger partial charge is 0.0488 e. The number of aryl methyl sites for hydroxylation is 1. The summed E-state index contributed by atoms with van der Waals surface area (Å²) in [7, 11) is 0. The minimum Gasteiger partial charge on any atom is -0.367 e. The number of halogens is 3. The Hall–Kier alpha value is -1.39. The topological polar surface area (TPSA) is 19.7 Å². The van der Waals surface area contributed by atoms with Gasteiger partial charge in [-0.05, 0) is 107 Å². The Balaban J connectivity index is 0.00000181. The second-order valence-electron chi connectivity index (χ2n) is 9.26. The predicted molar refractivity (Wildman–Crippen MR) is 150 cm³/mol. The molecule has 0 saturated heterocycles. The molecule has 1 aliphatic carbocycles. The Morgan fingerprint density at radius 2 is 1.64 bits per heavy atom. The molecule has 33 heavy (non-hydrogen) atoms. The summed E-state index contributed by atoms with van der Waals surface area (Å²) in [5.41, 5.74) is 8.85. The molecule has 0 spiro atoms. The van der Waals surface area contributed by atoms with Crippen LogP contribution in [-0.2, 0) is 25.8 Å². The predicted octanol–water partition coefficient (Wildman–Crippen LogP) is 7.04. The van der Waals surface area contributed by atoms with Crippen LogP contribution < -0.4 is 10.2 Å². The number of pyridine rings is 1. The normalized spacial score (nSPS) is 12.7. The Morgan fingerprint density at radius 1 is 0.909 bits per heavy atom. The highest BCUT2D eigenvalue weighted by molar-refractivity contribution is 5.86. The van der Waals surface area contributed by atoms with Crippen molar-refractivity contribution < 1.29 is 0 Å². The average Bonchev–Trinajstić information content (AvgIpc) is 3.05. The highest BCUT2D eigenvalue weighted by Crippen LogP contribution is 2.30. The minimum absolute atomic E-state index is 0. The molecule has 184 valence electrons. The number of hydrogen-bond donors (Lipinski definition) is 1. The SMILES string of the molecule is CC(C)N(c1cccc(CNCCc2c3c(n4ccccc24)CCCC3)c1)C(C)C.Cl.Cl.Cl. The van der Waals surface area contributed by atoms with E-state index in [2.05, 4.69) is 91.0 Å². The highest BCUT2D eigenvalue weighted by Gasteiger charge is 2.20. The summed E-state index contributed by atoms with van der Waals surface area (Å²) in [5.74, 6) is 0. The zero-order chi connectivity index (χ0) is 21.1. The van der Waals surface area contributed by atoms with E-state index in [9.17, 15) is 0 Å². The van der Waals surface area contributed by atoms with Gasteiger partial charge >= 0.3 is 0 Å². The first-order valence-electron chi connectivity index (χ1n) is 11.7. The number of fused-ring (bicyclic) bond motifs is 3. The fourth-order valence-corrected chi connectivity index (χ4v) is 5.30. The molecular weight excluding hydrogens is 473 g/mol. The Labute approximate surface area is 218 Å². The van der Waals surface area contributed by atoms with Crippen molar-refractivity contribution in [2.45, 2.75) is 78.4 Å². The van der Waals surface area contributed by atoms with Gasteiger partial charge in [-0.3, -0.25) is 0 Å². The molecule has 0 unspecified atom stereocenters. The van der Waals surface area contributed by atoms with Gasteiger partial charge in [0.1, 0.15) is 0 Å². The summed E-state index contributed by atoms with van der Waals surface area (Å²) in [5, 5.41) is 3.71. The molecule has 1 N–H and O–H groups in total. The quantitative estimate of drug-likeness (QED) is 0.327. The van der Waals surface area contributed by atoms with Crippen LogP contribution in [0.25, 0.3) is 5.52 Å². The molecule has 0 atom stereocenters. The van der Waals surface area contributed by atoms with Crippen molar-refractivity contribution in [1.29, 1.82) is 0 Å². The van der Waals surface area contributed by atoms with Gasteiger partial charge in [-0.25, -0.2) is 0 Å². The maximum absolute atomic E-state index is 3.71. The van der Waals surface area contributed by atoms with E-state index in [0.29, 0.717) is 12.1 Å². The Kier molecular flexibility index (Phi) is 12.1. The van der Waals surface area contributed by atoms with Crippen LogP contribution in [0, 0.1) is 0 Å². The molecule has 3 nitrogen and oxygen atoms in total. The third kappa shape index (κ3) is 6.60. The summed E-state index contributed by atoms with van der Waals surface area (Å²) in [4.78, 5) is 2.49. The van der Waals surface area contributed by atoms with E-state index in [1.54, 1.807) is 16.8 Å². The van der Waals surface area contributed by atoms with Gasteiger partial charge in [0.05, 0.1) is 0 Å². The number of hydrogen-bond acceptors (Lipinski definition) is 2. The van der Waals surface area contributed by atoms with Gasteiger partial charge < -0.3 is 14.6 Å². The molecule has 0 amide bonds. The molecule has 0 radical (unpaired) electrons. The molecule has 0 aliphatic heterocycles. The van der Waals surface area contributed by atoms with Crippen molar-refractivity contribution in [2.24, 2.45) is 0 Å². The van der Waals surface area contributed by atoms with Crippen LogP contribution in [0.5, 0.6) is 0 Å². The first-order valence-corrected chi connectivity index (χ1v) is 11.7. The summed E-state index contributed by atoms with van der Waals surface area (Å²) in [6.07, 6.45) is 8.48. The molecule has 0 bridgehead atoms. The fraction of sp³-hybridized carbons (Fsp3) is 0.481. The summed E-state index contributed by atoms with van der Waals surface area (Å²) in [6.45, 7) is 11.0. The second kappa shape index (κ2) is 13.5. The third-order valence-corrected chi connectivity index (χ3v) is 6.47. The van der Waals surface area contributed by atoms with Crippen LogP contribution in [0.15, 0.2) is 48.7 Å². The van der Waals surface area contributed by atoms with Crippen molar-refractivity contribution in [3.05, 3.63) is 71.0 Å². The van der Waals surface area contributed by atoms with E-state index in [1.165, 1.54) is 42.5 Å². The lowest BCUT2D eigenvalue weighted by molar-refractivity contribution is 0.607. The van der Waals surface area contributed by atoms with Crippen molar-refractivity contribution in [3.8, 4) is 0 Å². The van der Waals surface area contributed by atoms with Crippen molar-refractivity contribution in [1.82, 2.24) is 9.72 Å². The second-order valence-corrected chi connectivity index (χ2v) is 9.26. The van der Waals surface area contributed by atoms with Crippen LogP contribution in [0.4, 0.5) is 5.69 Å². The fourth-order valence-electron chi connectivity index (χ4n) is 5.30. The summed E-state index contributed by atoms with van der Waals surface area (Å²) < 4.78 is 2.44. The van der Waals surface area contributed by atoms with E-state index in [4.69, 9.17) is 0 Å². The van der Waals surface area contributed by atoms with Gasteiger partial charge in [0.15, 0.2) is 0 Å². The zero-order valence-corrected chi connectivity index (χ0v) is 22.8. The van der Waals surface area contributed by atoms with Gasteiger partial charge in [-0.15, -0.1) is 37.2 Å². The van der Waals surface area contributed by atoms with Crippen LogP contribution in [0.2, 0.25) is 0 Å². The van der Waals surface area contributed by atoms with E-state index in [-0.39, 0.29) is 37.2 Å². The number of nitrogens with zero attached hydrogens (tertiary/aromatic N) is 2. The van der Waals surface area contributed by atoms with Crippen molar-refractivity contribution in [3.63, 3.8) is 0 Å². The van der Waals surface area contributed by atoms with Crippen LogP contribution in [0.3, 0.4) is 0 Å². The summed E-state index contributed by atoms with van der Waals surface area (Å²) in [6, 6.07) is 16.7. The molecule has 2 aromatic heterocycles. The molecule has 0 saturated carbocycles. The van der Waals surface area contributed by atoms with E-state index >= 15 is 0 Å². The van der Waals surface area contributed by atoms with Crippen LogP contribution in [0.1, 0.15) is 62.9 Å². The third-order valence-electron chi connectivity index (χ3n) is 6.47. The van der Waals surface area contributed by atoms with E-state index < -0.39 is 0 Å². The molecule has 3 aromatic rings. The van der Waals surface area contributed by atoms with Gasteiger partial charge in [-0.2, -0.15) is 0 Å². The maximum Gasteiger partial charge on any atom is 0.0488 e. The van der Waals surface area contributed by atoms with E-state index in [0.717, 1.165) is 19.5 Å². The number of rotatable bonds is 8. The lowest BCUT2D eigenvalue weighted by Crippen LogP contribution is -2.37. The Morgan fingerprint density at radius 3 is 2.36 bits per heavy atom. The van der Waals surface area contributed by atoms with Crippen molar-refractivity contribution in [2.75, 3.05) is 11.4 Å². The average molecular weight is 513 g/mol. The molecule has 1 aromatic carbocycles. The number of anilines is 1.